The number of nitrogens with zero attached hydrogens (tertiary/aromatic N) is 3. The largest absolute Gasteiger partial charge is 0.453 e. The third-order valence-corrected chi connectivity index (χ3v) is 7.45. The van der Waals surface area contributed by atoms with Gasteiger partial charge >= 0.3 is 6.09 Å². The van der Waals surface area contributed by atoms with Crippen molar-refractivity contribution < 1.29 is 9.53 Å². The zero-order valence-corrected chi connectivity index (χ0v) is 19.4. The van der Waals surface area contributed by atoms with Crippen LogP contribution in [0.3, 0.4) is 0 Å². The quantitative estimate of drug-likeness (QED) is 0.539. The number of hydrogen-bond donors (Lipinski definition) is 3. The molecule has 2 aliphatic heterocycles. The van der Waals surface area contributed by atoms with Gasteiger partial charge in [-0.2, -0.15) is 0 Å². The van der Waals surface area contributed by atoms with Crippen LogP contribution in [0.25, 0.3) is 20.8 Å². The van der Waals surface area contributed by atoms with Crippen molar-refractivity contribution >= 4 is 33.5 Å². The van der Waals surface area contributed by atoms with Crippen molar-refractivity contribution in [2.75, 3.05) is 38.6 Å². The average Bonchev–Trinajstić information content (AvgIpc) is 3.27. The summed E-state index contributed by atoms with van der Waals surface area (Å²) in [5.74, 6) is 1.34. The molecule has 2 saturated heterocycles. The number of thiazole rings is 1. The first-order valence-electron chi connectivity index (χ1n) is 11.4. The molecule has 0 aliphatic carbocycles. The number of carbonyl (C=O) groups is 1. The smallest absolute Gasteiger partial charge is 0.409 e. The number of aromatic nitrogens is 3. The number of hydrogen-bond acceptors (Lipinski definition) is 8. The van der Waals surface area contributed by atoms with Gasteiger partial charge in [0.2, 0.25) is 0 Å². The Bertz CT molecular complexity index is 1160. The summed E-state index contributed by atoms with van der Waals surface area (Å²) >= 11 is 1.50. The van der Waals surface area contributed by atoms with E-state index >= 15 is 0 Å². The Morgan fingerprint density at radius 1 is 1.21 bits per heavy atom. The van der Waals surface area contributed by atoms with E-state index in [4.69, 9.17) is 14.7 Å². The number of aromatic amines is 1. The zero-order valence-electron chi connectivity index (χ0n) is 18.6. The van der Waals surface area contributed by atoms with Crippen LogP contribution in [0.15, 0.2) is 29.1 Å². The molecule has 4 heterocycles. The number of piperidine rings is 2. The van der Waals surface area contributed by atoms with Gasteiger partial charge in [0.25, 0.3) is 5.56 Å². The molecule has 2 aromatic heterocycles. The van der Waals surface area contributed by atoms with Crippen LogP contribution in [0.1, 0.15) is 37.4 Å². The van der Waals surface area contributed by atoms with Crippen molar-refractivity contribution in [3.63, 3.8) is 0 Å². The van der Waals surface area contributed by atoms with E-state index in [0.717, 1.165) is 49.0 Å². The number of ether oxygens (including phenoxy) is 1. The maximum atomic E-state index is 13.4. The van der Waals surface area contributed by atoms with Crippen LogP contribution in [0, 0.1) is 0 Å². The van der Waals surface area contributed by atoms with Crippen molar-refractivity contribution in [3.05, 3.63) is 40.4 Å². The number of H-pyrrole nitrogens is 1. The molecule has 2 fully saturated rings. The number of amides is 1. The lowest BCUT2D eigenvalue weighted by Crippen LogP contribution is -2.40. The van der Waals surface area contributed by atoms with E-state index in [0.29, 0.717) is 35.3 Å². The molecular weight excluding hydrogens is 440 g/mol. The minimum absolute atomic E-state index is 0.0769. The van der Waals surface area contributed by atoms with E-state index in [2.05, 4.69) is 15.6 Å². The molecule has 1 atom stereocenters. The second-order valence-electron chi connectivity index (χ2n) is 8.58. The highest BCUT2D eigenvalue weighted by molar-refractivity contribution is 7.21. The number of anilines is 1. The highest BCUT2D eigenvalue weighted by atomic mass is 32.1. The molecule has 2 aliphatic rings. The molecule has 0 spiro atoms. The van der Waals surface area contributed by atoms with E-state index in [-0.39, 0.29) is 23.6 Å². The van der Waals surface area contributed by atoms with Gasteiger partial charge in [-0.25, -0.2) is 14.8 Å². The fraction of sp³-hybridized carbons (Fsp3) is 0.478. The summed E-state index contributed by atoms with van der Waals surface area (Å²) in [5, 5.41) is 7.62. The fourth-order valence-electron chi connectivity index (χ4n) is 4.60. The number of carbonyl (C=O) groups excluding carboxylic acids is 1. The Hall–Kier alpha value is -2.98. The molecule has 3 aromatic rings. The van der Waals surface area contributed by atoms with Gasteiger partial charge in [0.1, 0.15) is 22.2 Å². The van der Waals surface area contributed by atoms with Crippen LogP contribution in [0.5, 0.6) is 0 Å². The van der Waals surface area contributed by atoms with Crippen molar-refractivity contribution in [3.8, 4) is 10.6 Å². The summed E-state index contributed by atoms with van der Waals surface area (Å²) in [7, 11) is 1.40. The van der Waals surface area contributed by atoms with E-state index in [9.17, 15) is 9.59 Å². The molecular formula is C23H28N6O3S. The molecule has 9 nitrogen and oxygen atoms in total. The van der Waals surface area contributed by atoms with Crippen LogP contribution in [0.2, 0.25) is 0 Å². The monoisotopic (exact) mass is 468 g/mol. The summed E-state index contributed by atoms with van der Waals surface area (Å²) in [4.78, 5) is 39.6. The summed E-state index contributed by atoms with van der Waals surface area (Å²) in [6.07, 6.45) is 3.24. The van der Waals surface area contributed by atoms with Crippen molar-refractivity contribution in [1.82, 2.24) is 25.2 Å². The lowest BCUT2D eigenvalue weighted by Gasteiger charge is -2.31. The molecule has 174 valence electrons. The van der Waals surface area contributed by atoms with Crippen molar-refractivity contribution in [2.24, 2.45) is 0 Å². The van der Waals surface area contributed by atoms with Crippen molar-refractivity contribution in [2.45, 2.75) is 37.6 Å². The van der Waals surface area contributed by atoms with Crippen LogP contribution in [-0.2, 0) is 4.74 Å². The summed E-state index contributed by atoms with van der Waals surface area (Å²) in [6.45, 7) is 3.00. The number of benzene rings is 1. The third kappa shape index (κ3) is 4.58. The van der Waals surface area contributed by atoms with Gasteiger partial charge in [0.15, 0.2) is 0 Å². The number of nitrogens with one attached hydrogen (secondary N) is 3. The normalized spacial score (nSPS) is 19.5. The second kappa shape index (κ2) is 9.48. The van der Waals surface area contributed by atoms with Crippen LogP contribution in [-0.4, -0.2) is 65.3 Å². The molecule has 0 bridgehead atoms. The van der Waals surface area contributed by atoms with Gasteiger partial charge in [0.05, 0.1) is 17.3 Å². The van der Waals surface area contributed by atoms with Gasteiger partial charge in [-0.05, 0) is 44.4 Å². The van der Waals surface area contributed by atoms with Gasteiger partial charge in [0, 0.05) is 31.6 Å². The second-order valence-corrected chi connectivity index (χ2v) is 9.61. The highest BCUT2D eigenvalue weighted by Crippen LogP contribution is 2.33. The van der Waals surface area contributed by atoms with E-state index in [1.165, 1.54) is 18.4 Å². The first kappa shape index (κ1) is 21.8. The number of likely N-dealkylation sites (tertiary alicyclic amines) is 1. The first-order chi connectivity index (χ1) is 16.1. The third-order valence-electron chi connectivity index (χ3n) is 6.40. The van der Waals surface area contributed by atoms with Crippen LogP contribution < -0.4 is 16.2 Å². The predicted molar refractivity (Wildman–Crippen MR) is 129 cm³/mol. The highest BCUT2D eigenvalue weighted by Gasteiger charge is 2.28. The standard InChI is InChI=1S/C23H28N6O3S/c1-32-23(31)29-11-8-14(9-12-29)19-27-20(25-15-5-4-10-24-13-15)18(21(30)28-19)22-26-16-6-2-3-7-17(16)33-22/h2-3,6-7,14-15,24H,4-5,8-13H2,1H3,(H2,25,27,28,30)/t15-/m1/s1. The number of para-hydroxylation sites is 1. The molecule has 5 rings (SSSR count). The van der Waals surface area contributed by atoms with Crippen LogP contribution >= 0.6 is 11.3 Å². The number of rotatable bonds is 4. The van der Waals surface area contributed by atoms with Gasteiger partial charge in [-0.1, -0.05) is 12.1 Å². The topological polar surface area (TPSA) is 112 Å². The SMILES string of the molecule is COC(=O)N1CCC(c2nc(N[C@@H]3CCCNC3)c(-c3nc4ccccc4s3)c(=O)[nH]2)CC1. The fourth-order valence-corrected chi connectivity index (χ4v) is 5.61. The predicted octanol–water partition coefficient (Wildman–Crippen LogP) is 3.16. The molecule has 1 aromatic carbocycles. The maximum Gasteiger partial charge on any atom is 0.409 e. The Balaban J connectivity index is 1.49. The van der Waals surface area contributed by atoms with E-state index in [1.54, 1.807) is 4.90 Å². The molecule has 3 N–H and O–H groups in total. The summed E-state index contributed by atoms with van der Waals surface area (Å²) in [5.41, 5.74) is 1.19. The van der Waals surface area contributed by atoms with Gasteiger partial charge in [-0.3, -0.25) is 4.79 Å². The Morgan fingerprint density at radius 3 is 2.76 bits per heavy atom. The lowest BCUT2D eigenvalue weighted by molar-refractivity contribution is 0.111. The van der Waals surface area contributed by atoms with Gasteiger partial charge in [-0.15, -0.1) is 11.3 Å². The molecule has 0 saturated carbocycles. The van der Waals surface area contributed by atoms with E-state index < -0.39 is 0 Å². The minimum Gasteiger partial charge on any atom is -0.453 e. The van der Waals surface area contributed by atoms with E-state index in [1.807, 2.05) is 24.3 Å². The molecule has 33 heavy (non-hydrogen) atoms. The number of methoxy groups -OCH3 is 1. The maximum absolute atomic E-state index is 13.4. The molecule has 0 unspecified atom stereocenters. The molecule has 0 radical (unpaired) electrons. The Labute approximate surface area is 195 Å². The summed E-state index contributed by atoms with van der Waals surface area (Å²) in [6, 6.07) is 8.10. The molecule has 1 amide bonds. The molecule has 10 heteroatoms. The Morgan fingerprint density at radius 2 is 2.03 bits per heavy atom. The lowest BCUT2D eigenvalue weighted by atomic mass is 9.96. The average molecular weight is 469 g/mol. The zero-order chi connectivity index (χ0) is 22.8. The van der Waals surface area contributed by atoms with Crippen molar-refractivity contribution in [1.29, 1.82) is 0 Å². The first-order valence-corrected chi connectivity index (χ1v) is 12.2. The minimum atomic E-state index is -0.312. The van der Waals surface area contributed by atoms with Gasteiger partial charge < -0.3 is 25.3 Å². The summed E-state index contributed by atoms with van der Waals surface area (Å²) < 4.78 is 5.87. The Kier molecular flexibility index (Phi) is 6.28. The van der Waals surface area contributed by atoms with Crippen LogP contribution in [0.4, 0.5) is 10.6 Å². The number of fused-ring (bicyclic) bond motifs is 1.